The van der Waals surface area contributed by atoms with Gasteiger partial charge in [0, 0.05) is 19.6 Å². The average molecular weight is 331 g/mol. The molecule has 5 nitrogen and oxygen atoms in total. The summed E-state index contributed by atoms with van der Waals surface area (Å²) in [7, 11) is 1.42. The van der Waals surface area contributed by atoms with Crippen LogP contribution in [-0.4, -0.2) is 50.1 Å². The molecule has 1 aromatic carbocycles. The molecule has 2 unspecified atom stereocenters. The Morgan fingerprint density at radius 2 is 2.17 bits per heavy atom. The van der Waals surface area contributed by atoms with Crippen molar-refractivity contribution in [3.05, 3.63) is 35.9 Å². The number of nitrogens with one attached hydrogen (secondary N) is 1. The summed E-state index contributed by atoms with van der Waals surface area (Å²) in [5.41, 5.74) is 1.39. The fraction of sp³-hybridized carbons (Fsp3) is 0.579. The molecule has 0 saturated carbocycles. The van der Waals surface area contributed by atoms with E-state index in [0.717, 1.165) is 32.0 Å². The Kier molecular flexibility index (Phi) is 7.09. The number of hydrogen-bond acceptors (Lipinski definition) is 3. The van der Waals surface area contributed by atoms with Gasteiger partial charge in [0.2, 0.25) is 0 Å². The van der Waals surface area contributed by atoms with E-state index < -0.39 is 0 Å². The third-order valence-electron chi connectivity index (χ3n) is 4.41. The Labute approximate surface area is 145 Å². The van der Waals surface area contributed by atoms with Gasteiger partial charge >= 0.3 is 5.97 Å². The second-order valence-corrected chi connectivity index (χ2v) is 6.41. The molecule has 2 rings (SSSR count). The molecule has 0 amide bonds. The van der Waals surface area contributed by atoms with Crippen molar-refractivity contribution in [3.8, 4) is 0 Å². The minimum atomic E-state index is -0.216. The monoisotopic (exact) mass is 331 g/mol. The van der Waals surface area contributed by atoms with E-state index in [1.807, 2.05) is 6.92 Å². The lowest BCUT2D eigenvalue weighted by Crippen LogP contribution is -2.40. The highest BCUT2D eigenvalue weighted by Crippen LogP contribution is 2.21. The summed E-state index contributed by atoms with van der Waals surface area (Å²) in [6, 6.07) is 10.6. The van der Waals surface area contributed by atoms with Crippen molar-refractivity contribution in [3.63, 3.8) is 0 Å². The van der Waals surface area contributed by atoms with Crippen molar-refractivity contribution in [2.75, 3.05) is 33.3 Å². The molecule has 132 valence electrons. The number of guanidine groups is 1. The van der Waals surface area contributed by atoms with Crippen LogP contribution in [0, 0.1) is 11.8 Å². The van der Waals surface area contributed by atoms with Crippen LogP contribution >= 0.6 is 0 Å². The summed E-state index contributed by atoms with van der Waals surface area (Å²) in [5, 5.41) is 3.35. The second kappa shape index (κ2) is 9.30. The number of carbonyl (C=O) groups excluding carboxylic acids is 1. The maximum absolute atomic E-state index is 11.5. The molecule has 5 heteroatoms. The molecule has 0 spiro atoms. The Morgan fingerprint density at radius 1 is 1.42 bits per heavy atom. The molecule has 1 heterocycles. The zero-order chi connectivity index (χ0) is 17.4. The Balaban J connectivity index is 1.93. The van der Waals surface area contributed by atoms with Crippen molar-refractivity contribution in [2.24, 2.45) is 16.8 Å². The first-order chi connectivity index (χ1) is 11.6. The molecule has 0 aromatic heterocycles. The molecule has 0 radical (unpaired) electrons. The fourth-order valence-corrected chi connectivity index (χ4v) is 3.06. The maximum Gasteiger partial charge on any atom is 0.310 e. The van der Waals surface area contributed by atoms with Crippen LogP contribution in [0.25, 0.3) is 0 Å². The Hall–Kier alpha value is -2.04. The van der Waals surface area contributed by atoms with E-state index in [-0.39, 0.29) is 11.9 Å². The van der Waals surface area contributed by atoms with Gasteiger partial charge in [-0.05, 0) is 31.2 Å². The van der Waals surface area contributed by atoms with Crippen LogP contribution in [-0.2, 0) is 16.0 Å². The molecule has 1 N–H and O–H groups in total. The molecular formula is C19H29N3O2. The van der Waals surface area contributed by atoms with Crippen molar-refractivity contribution in [1.29, 1.82) is 0 Å². The van der Waals surface area contributed by atoms with Gasteiger partial charge in [0.15, 0.2) is 5.96 Å². The number of nitrogens with zero attached hydrogens (tertiary/aromatic N) is 2. The second-order valence-electron chi connectivity index (χ2n) is 6.41. The number of carbonyl (C=O) groups is 1. The topological polar surface area (TPSA) is 53.9 Å². The SMILES string of the molecule is CCNC(=NCC(C)C(=O)OC)N1CCC(Cc2ccccc2)C1. The van der Waals surface area contributed by atoms with E-state index in [1.54, 1.807) is 0 Å². The predicted molar refractivity (Wildman–Crippen MR) is 97.0 cm³/mol. The summed E-state index contributed by atoms with van der Waals surface area (Å²) >= 11 is 0. The third kappa shape index (κ3) is 5.25. The molecule has 0 aliphatic carbocycles. The van der Waals surface area contributed by atoms with Gasteiger partial charge in [0.1, 0.15) is 0 Å². The lowest BCUT2D eigenvalue weighted by molar-refractivity contribution is -0.144. The van der Waals surface area contributed by atoms with Gasteiger partial charge in [0.05, 0.1) is 19.6 Å². The highest BCUT2D eigenvalue weighted by Gasteiger charge is 2.25. The van der Waals surface area contributed by atoms with Crippen LogP contribution in [0.5, 0.6) is 0 Å². The lowest BCUT2D eigenvalue weighted by Gasteiger charge is -2.22. The van der Waals surface area contributed by atoms with Gasteiger partial charge in [-0.3, -0.25) is 9.79 Å². The number of aliphatic imine (C=N–C) groups is 1. The molecule has 2 atom stereocenters. The van der Waals surface area contributed by atoms with Crippen molar-refractivity contribution < 1.29 is 9.53 Å². The number of benzene rings is 1. The highest BCUT2D eigenvalue weighted by molar-refractivity contribution is 5.81. The van der Waals surface area contributed by atoms with Gasteiger partial charge < -0.3 is 15.0 Å². The van der Waals surface area contributed by atoms with Crippen molar-refractivity contribution >= 4 is 11.9 Å². The van der Waals surface area contributed by atoms with E-state index in [9.17, 15) is 4.79 Å². The zero-order valence-electron chi connectivity index (χ0n) is 15.0. The van der Waals surface area contributed by atoms with Gasteiger partial charge in [0.25, 0.3) is 0 Å². The fourth-order valence-electron chi connectivity index (χ4n) is 3.06. The summed E-state index contributed by atoms with van der Waals surface area (Å²) in [4.78, 5) is 18.5. The average Bonchev–Trinajstić information content (AvgIpc) is 3.06. The standard InChI is InChI=1S/C19H29N3O2/c1-4-20-19(21-13-15(2)18(23)24-3)22-11-10-17(14-22)12-16-8-6-5-7-9-16/h5-9,15,17H,4,10-14H2,1-3H3,(H,20,21). The quantitative estimate of drug-likeness (QED) is 0.494. The predicted octanol–water partition coefficient (Wildman–Crippen LogP) is 2.33. The number of rotatable bonds is 6. The molecule has 1 aliphatic heterocycles. The number of hydrogen-bond donors (Lipinski definition) is 1. The summed E-state index contributed by atoms with van der Waals surface area (Å²) < 4.78 is 4.77. The molecule has 1 aromatic rings. The number of ether oxygens (including phenoxy) is 1. The van der Waals surface area contributed by atoms with Crippen LogP contribution in [0.4, 0.5) is 0 Å². The van der Waals surface area contributed by atoms with Crippen LogP contribution in [0.3, 0.4) is 0 Å². The van der Waals surface area contributed by atoms with Crippen molar-refractivity contribution in [1.82, 2.24) is 10.2 Å². The number of methoxy groups -OCH3 is 1. The molecule has 1 saturated heterocycles. The van der Waals surface area contributed by atoms with E-state index in [4.69, 9.17) is 4.74 Å². The van der Waals surface area contributed by atoms with Gasteiger partial charge in [-0.1, -0.05) is 37.3 Å². The summed E-state index contributed by atoms with van der Waals surface area (Å²) in [6.07, 6.45) is 2.28. The van der Waals surface area contributed by atoms with E-state index in [2.05, 4.69) is 52.5 Å². The molecule has 24 heavy (non-hydrogen) atoms. The van der Waals surface area contributed by atoms with Crippen LogP contribution in [0.1, 0.15) is 25.8 Å². The van der Waals surface area contributed by atoms with E-state index in [1.165, 1.54) is 19.1 Å². The lowest BCUT2D eigenvalue weighted by atomic mass is 9.99. The van der Waals surface area contributed by atoms with E-state index >= 15 is 0 Å². The number of likely N-dealkylation sites (tertiary alicyclic amines) is 1. The van der Waals surface area contributed by atoms with Gasteiger partial charge in [-0.25, -0.2) is 0 Å². The summed E-state index contributed by atoms with van der Waals surface area (Å²) in [6.45, 7) is 7.21. The van der Waals surface area contributed by atoms with Crippen LogP contribution in [0.15, 0.2) is 35.3 Å². The largest absolute Gasteiger partial charge is 0.469 e. The first-order valence-corrected chi connectivity index (χ1v) is 8.79. The maximum atomic E-state index is 11.5. The Bertz CT molecular complexity index is 545. The molecular weight excluding hydrogens is 302 g/mol. The van der Waals surface area contributed by atoms with E-state index in [0.29, 0.717) is 12.5 Å². The van der Waals surface area contributed by atoms with Gasteiger partial charge in [-0.2, -0.15) is 0 Å². The molecule has 1 aliphatic rings. The van der Waals surface area contributed by atoms with Crippen molar-refractivity contribution in [2.45, 2.75) is 26.7 Å². The van der Waals surface area contributed by atoms with Gasteiger partial charge in [-0.15, -0.1) is 0 Å². The van der Waals surface area contributed by atoms with Crippen LogP contribution in [0.2, 0.25) is 0 Å². The smallest absolute Gasteiger partial charge is 0.310 e. The molecule has 1 fully saturated rings. The minimum Gasteiger partial charge on any atom is -0.469 e. The third-order valence-corrected chi connectivity index (χ3v) is 4.41. The Morgan fingerprint density at radius 3 is 2.83 bits per heavy atom. The number of esters is 1. The molecule has 0 bridgehead atoms. The summed E-state index contributed by atoms with van der Waals surface area (Å²) in [5.74, 6) is 1.13. The first-order valence-electron chi connectivity index (χ1n) is 8.79. The zero-order valence-corrected chi connectivity index (χ0v) is 15.0. The minimum absolute atomic E-state index is 0.210. The first kappa shape index (κ1) is 18.3. The highest BCUT2D eigenvalue weighted by atomic mass is 16.5. The van der Waals surface area contributed by atoms with Crippen LogP contribution < -0.4 is 5.32 Å². The normalized spacial score (nSPS) is 19.2.